The lowest BCUT2D eigenvalue weighted by molar-refractivity contribution is -0.122. The van der Waals surface area contributed by atoms with Crippen molar-refractivity contribution in [2.75, 3.05) is 0 Å². The average Bonchev–Trinajstić information content (AvgIpc) is 3.02. The fourth-order valence-electron chi connectivity index (χ4n) is 2.94. The second-order valence-electron chi connectivity index (χ2n) is 5.78. The summed E-state index contributed by atoms with van der Waals surface area (Å²) in [4.78, 5) is 12.1. The second kappa shape index (κ2) is 5.71. The highest BCUT2D eigenvalue weighted by molar-refractivity contribution is 5.76. The molecule has 112 valence electrons. The van der Waals surface area contributed by atoms with Gasteiger partial charge in [-0.1, -0.05) is 0 Å². The maximum atomic E-state index is 12.1. The van der Waals surface area contributed by atoms with Crippen LogP contribution in [0.15, 0.2) is 12.3 Å². The monoisotopic (exact) mass is 287 g/mol. The first-order chi connectivity index (χ1) is 10.1. The van der Waals surface area contributed by atoms with E-state index in [9.17, 15) is 4.79 Å². The first-order valence-corrected chi connectivity index (χ1v) is 7.43. The predicted octanol–water partition coefficient (Wildman–Crippen LogP) is 1.29. The van der Waals surface area contributed by atoms with Crippen molar-refractivity contribution in [3.05, 3.63) is 34.9 Å². The highest BCUT2D eigenvalue weighted by atomic mass is 16.1. The summed E-state index contributed by atoms with van der Waals surface area (Å²) in [5, 5.41) is 14.6. The van der Waals surface area contributed by atoms with E-state index in [2.05, 4.69) is 20.6 Å². The summed E-state index contributed by atoms with van der Waals surface area (Å²) < 4.78 is 1.89. The molecule has 3 rings (SSSR count). The van der Waals surface area contributed by atoms with Crippen LogP contribution in [-0.2, 0) is 24.2 Å². The Morgan fingerprint density at radius 2 is 2.38 bits per heavy atom. The van der Waals surface area contributed by atoms with Crippen LogP contribution in [0.5, 0.6) is 0 Å². The molecule has 2 N–H and O–H groups in total. The average molecular weight is 287 g/mol. The molecule has 2 aromatic rings. The van der Waals surface area contributed by atoms with Gasteiger partial charge in [0.1, 0.15) is 0 Å². The number of carbonyl (C=O) groups is 1. The molecule has 1 amide bonds. The molecule has 6 heteroatoms. The maximum absolute atomic E-state index is 12.1. The molecule has 1 aliphatic rings. The molecule has 6 nitrogen and oxygen atoms in total. The van der Waals surface area contributed by atoms with Crippen molar-refractivity contribution in [2.45, 2.75) is 52.1 Å². The number of rotatable bonds is 4. The molecule has 0 radical (unpaired) electrons. The van der Waals surface area contributed by atoms with Crippen molar-refractivity contribution in [1.29, 1.82) is 0 Å². The summed E-state index contributed by atoms with van der Waals surface area (Å²) in [7, 11) is 0. The lowest BCUT2D eigenvalue weighted by Gasteiger charge is -2.22. The van der Waals surface area contributed by atoms with Gasteiger partial charge in [0, 0.05) is 36.8 Å². The van der Waals surface area contributed by atoms with Crippen molar-refractivity contribution < 1.29 is 4.79 Å². The van der Waals surface area contributed by atoms with Crippen LogP contribution < -0.4 is 5.32 Å². The van der Waals surface area contributed by atoms with E-state index >= 15 is 0 Å². The Morgan fingerprint density at radius 1 is 1.52 bits per heavy atom. The Hall–Kier alpha value is -2.11. The normalized spacial score (nSPS) is 17.5. The third-order valence-corrected chi connectivity index (χ3v) is 4.04. The number of hydrogen-bond acceptors (Lipinski definition) is 3. The SMILES string of the molecule is Cc1cc(C)n(CCC(=O)NC2CCc3cn[nH]c3C2)n1. The lowest BCUT2D eigenvalue weighted by Crippen LogP contribution is -2.39. The summed E-state index contributed by atoms with van der Waals surface area (Å²) in [5.41, 5.74) is 4.53. The fourth-order valence-corrected chi connectivity index (χ4v) is 2.94. The molecule has 0 aromatic carbocycles. The van der Waals surface area contributed by atoms with Crippen LogP contribution in [0, 0.1) is 13.8 Å². The minimum atomic E-state index is 0.0931. The van der Waals surface area contributed by atoms with E-state index < -0.39 is 0 Å². The van der Waals surface area contributed by atoms with E-state index in [0.717, 1.165) is 36.3 Å². The van der Waals surface area contributed by atoms with E-state index in [1.54, 1.807) is 0 Å². The Morgan fingerprint density at radius 3 is 3.14 bits per heavy atom. The van der Waals surface area contributed by atoms with Gasteiger partial charge in [-0.05, 0) is 38.3 Å². The standard InChI is InChI=1S/C15H21N5O/c1-10-7-11(2)20(19-10)6-5-15(21)17-13-4-3-12-9-16-18-14(12)8-13/h7,9,13H,3-6,8H2,1-2H3,(H,16,18)(H,17,21). The molecule has 0 saturated carbocycles. The molecule has 0 spiro atoms. The summed E-state index contributed by atoms with van der Waals surface area (Å²) in [5.74, 6) is 0.0931. The van der Waals surface area contributed by atoms with Crippen molar-refractivity contribution in [2.24, 2.45) is 0 Å². The zero-order chi connectivity index (χ0) is 14.8. The minimum Gasteiger partial charge on any atom is -0.353 e. The van der Waals surface area contributed by atoms with Crippen LogP contribution in [0.4, 0.5) is 0 Å². The molecular weight excluding hydrogens is 266 g/mol. The van der Waals surface area contributed by atoms with Crippen molar-refractivity contribution in [1.82, 2.24) is 25.3 Å². The van der Waals surface area contributed by atoms with E-state index in [4.69, 9.17) is 0 Å². The van der Waals surface area contributed by atoms with Gasteiger partial charge < -0.3 is 5.32 Å². The predicted molar refractivity (Wildman–Crippen MR) is 78.9 cm³/mol. The van der Waals surface area contributed by atoms with E-state index in [0.29, 0.717) is 13.0 Å². The molecule has 1 aliphatic carbocycles. The smallest absolute Gasteiger partial charge is 0.222 e. The number of nitrogens with zero attached hydrogens (tertiary/aromatic N) is 3. The highest BCUT2D eigenvalue weighted by Crippen LogP contribution is 2.18. The number of fused-ring (bicyclic) bond motifs is 1. The van der Waals surface area contributed by atoms with Gasteiger partial charge in [0.15, 0.2) is 0 Å². The Bertz CT molecular complexity index is 642. The number of carbonyl (C=O) groups excluding carboxylic acids is 1. The fraction of sp³-hybridized carbons (Fsp3) is 0.533. The summed E-state index contributed by atoms with van der Waals surface area (Å²) in [6.45, 7) is 4.61. The van der Waals surface area contributed by atoms with Crippen molar-refractivity contribution in [3.63, 3.8) is 0 Å². The van der Waals surface area contributed by atoms with Gasteiger partial charge in [-0.15, -0.1) is 0 Å². The molecular formula is C15H21N5O. The van der Waals surface area contributed by atoms with Gasteiger partial charge in [-0.25, -0.2) is 0 Å². The first kappa shape index (κ1) is 13.9. The quantitative estimate of drug-likeness (QED) is 0.889. The number of hydrogen-bond donors (Lipinski definition) is 2. The zero-order valence-electron chi connectivity index (χ0n) is 12.5. The molecule has 2 heterocycles. The Kier molecular flexibility index (Phi) is 3.77. The summed E-state index contributed by atoms with van der Waals surface area (Å²) >= 11 is 0. The number of aromatic nitrogens is 4. The third-order valence-electron chi connectivity index (χ3n) is 4.04. The van der Waals surface area contributed by atoms with Crippen LogP contribution in [0.25, 0.3) is 0 Å². The van der Waals surface area contributed by atoms with E-state index in [1.807, 2.05) is 30.8 Å². The van der Waals surface area contributed by atoms with Crippen molar-refractivity contribution in [3.8, 4) is 0 Å². The molecule has 1 atom stereocenters. The van der Waals surface area contributed by atoms with Gasteiger partial charge in [0.05, 0.1) is 11.9 Å². The van der Waals surface area contributed by atoms with Crippen LogP contribution in [0.1, 0.15) is 35.5 Å². The molecule has 0 bridgehead atoms. The molecule has 0 aliphatic heterocycles. The van der Waals surface area contributed by atoms with Crippen LogP contribution in [0.2, 0.25) is 0 Å². The maximum Gasteiger partial charge on any atom is 0.222 e. The number of aryl methyl sites for hydroxylation is 4. The number of H-pyrrole nitrogens is 1. The van der Waals surface area contributed by atoms with Gasteiger partial charge in [-0.2, -0.15) is 10.2 Å². The Labute approximate surface area is 123 Å². The van der Waals surface area contributed by atoms with Crippen LogP contribution in [0.3, 0.4) is 0 Å². The van der Waals surface area contributed by atoms with E-state index in [-0.39, 0.29) is 11.9 Å². The van der Waals surface area contributed by atoms with Gasteiger partial charge >= 0.3 is 0 Å². The van der Waals surface area contributed by atoms with Crippen LogP contribution in [-0.4, -0.2) is 31.9 Å². The number of nitrogens with one attached hydrogen (secondary N) is 2. The Balaban J connectivity index is 1.50. The second-order valence-corrected chi connectivity index (χ2v) is 5.78. The highest BCUT2D eigenvalue weighted by Gasteiger charge is 2.21. The molecule has 21 heavy (non-hydrogen) atoms. The molecule has 1 unspecified atom stereocenters. The van der Waals surface area contributed by atoms with E-state index in [1.165, 1.54) is 5.56 Å². The number of amides is 1. The van der Waals surface area contributed by atoms with Crippen molar-refractivity contribution >= 4 is 5.91 Å². The largest absolute Gasteiger partial charge is 0.353 e. The molecule has 2 aromatic heterocycles. The van der Waals surface area contributed by atoms with Gasteiger partial charge in [0.25, 0.3) is 0 Å². The summed E-state index contributed by atoms with van der Waals surface area (Å²) in [6, 6.07) is 2.24. The lowest BCUT2D eigenvalue weighted by atomic mass is 9.94. The topological polar surface area (TPSA) is 75.6 Å². The third kappa shape index (κ3) is 3.15. The summed E-state index contributed by atoms with van der Waals surface area (Å²) in [6.07, 6.45) is 5.16. The van der Waals surface area contributed by atoms with Gasteiger partial charge in [0.2, 0.25) is 5.91 Å². The van der Waals surface area contributed by atoms with Gasteiger partial charge in [-0.3, -0.25) is 14.6 Å². The van der Waals surface area contributed by atoms with Crippen LogP contribution >= 0.6 is 0 Å². The number of aromatic amines is 1. The first-order valence-electron chi connectivity index (χ1n) is 7.43. The zero-order valence-corrected chi connectivity index (χ0v) is 12.5. The molecule has 0 fully saturated rings. The minimum absolute atomic E-state index is 0.0931. The molecule has 0 saturated heterocycles.